The van der Waals surface area contributed by atoms with E-state index in [0.29, 0.717) is 0 Å². The maximum absolute atomic E-state index is 12.6. The summed E-state index contributed by atoms with van der Waals surface area (Å²) < 4.78 is 25.2. The number of nitrogens with zero attached hydrogens (tertiary/aromatic N) is 1. The van der Waals surface area contributed by atoms with Crippen molar-refractivity contribution in [3.05, 3.63) is 43.0 Å². The Morgan fingerprint density at radius 2 is 2.00 bits per heavy atom. The summed E-state index contributed by atoms with van der Waals surface area (Å²) in [5.41, 5.74) is 0. The van der Waals surface area contributed by atoms with Crippen LogP contribution in [0.15, 0.2) is 47.9 Å². The van der Waals surface area contributed by atoms with E-state index in [-0.39, 0.29) is 17.3 Å². The van der Waals surface area contributed by atoms with E-state index in [9.17, 15) is 18.3 Å². The quantitative estimate of drug-likeness (QED) is 0.644. The molecule has 1 aromatic rings. The van der Waals surface area contributed by atoms with Crippen molar-refractivity contribution in [3.8, 4) is 0 Å². The second-order valence-corrected chi connectivity index (χ2v) is 6.84. The number of rotatable bonds is 5. The number of amides is 1. The van der Waals surface area contributed by atoms with Gasteiger partial charge in [0.2, 0.25) is 5.91 Å². The first-order chi connectivity index (χ1) is 9.41. The molecule has 3 unspecified atom stereocenters. The first kappa shape index (κ1) is 14.7. The summed E-state index contributed by atoms with van der Waals surface area (Å²) in [6, 6.07) is 7.95. The lowest BCUT2D eigenvalue weighted by Gasteiger charge is -2.47. The van der Waals surface area contributed by atoms with Gasteiger partial charge in [0, 0.05) is 6.54 Å². The number of carbonyl (C=O) groups is 1. The first-order valence-electron chi connectivity index (χ1n) is 6.29. The normalized spacial score (nSPS) is 24.1. The molecule has 5 nitrogen and oxygen atoms in total. The Balaban J connectivity index is 2.41. The molecule has 1 amide bonds. The maximum atomic E-state index is 12.6. The highest BCUT2D eigenvalue weighted by Crippen LogP contribution is 2.36. The maximum Gasteiger partial charge on any atom is 0.232 e. The van der Waals surface area contributed by atoms with Crippen molar-refractivity contribution in [1.29, 1.82) is 0 Å². The van der Waals surface area contributed by atoms with Gasteiger partial charge in [-0.3, -0.25) is 4.79 Å². The molecule has 0 spiro atoms. The molecule has 1 aliphatic rings. The van der Waals surface area contributed by atoms with Gasteiger partial charge in [0.25, 0.3) is 0 Å². The Bertz CT molecular complexity index is 609. The monoisotopic (exact) mass is 295 g/mol. The van der Waals surface area contributed by atoms with E-state index in [0.717, 1.165) is 0 Å². The van der Waals surface area contributed by atoms with E-state index in [2.05, 4.69) is 6.58 Å². The molecule has 0 aliphatic carbocycles. The van der Waals surface area contributed by atoms with Gasteiger partial charge in [-0.05, 0) is 19.1 Å². The highest BCUT2D eigenvalue weighted by atomic mass is 32.2. The van der Waals surface area contributed by atoms with Gasteiger partial charge in [0.05, 0.1) is 16.9 Å². The molecular formula is C14H17NO4S. The van der Waals surface area contributed by atoms with Gasteiger partial charge in [-0.1, -0.05) is 24.3 Å². The molecule has 1 saturated heterocycles. The minimum Gasteiger partial charge on any atom is -0.392 e. The van der Waals surface area contributed by atoms with Crippen molar-refractivity contribution in [1.82, 2.24) is 4.90 Å². The molecule has 1 aliphatic heterocycles. The highest BCUT2D eigenvalue weighted by Gasteiger charge is 2.56. The Hall–Kier alpha value is -1.66. The summed E-state index contributed by atoms with van der Waals surface area (Å²) in [6.07, 6.45) is 0.469. The number of likely N-dealkylation sites (tertiary alicyclic amines) is 1. The third-order valence-corrected chi connectivity index (χ3v) is 5.53. The van der Waals surface area contributed by atoms with Gasteiger partial charge in [-0.2, -0.15) is 0 Å². The largest absolute Gasteiger partial charge is 0.392 e. The zero-order chi connectivity index (χ0) is 14.9. The van der Waals surface area contributed by atoms with Crippen molar-refractivity contribution in [2.75, 3.05) is 6.54 Å². The molecule has 0 aromatic heterocycles. The molecule has 1 aromatic carbocycles. The fourth-order valence-corrected chi connectivity index (χ4v) is 4.51. The molecule has 1 N–H and O–H groups in total. The Kier molecular flexibility index (Phi) is 3.96. The number of β-lactam (4-membered cyclic amide) rings is 1. The highest BCUT2D eigenvalue weighted by molar-refractivity contribution is 7.92. The second-order valence-electron chi connectivity index (χ2n) is 4.79. The molecule has 0 bridgehead atoms. The van der Waals surface area contributed by atoms with Gasteiger partial charge in [0.15, 0.2) is 15.2 Å². The first-order valence-corrected chi connectivity index (χ1v) is 7.84. The van der Waals surface area contributed by atoms with E-state index in [1.54, 1.807) is 18.2 Å². The van der Waals surface area contributed by atoms with Gasteiger partial charge in [0.1, 0.15) is 0 Å². The number of aliphatic hydroxyl groups is 1. The van der Waals surface area contributed by atoms with Crippen molar-refractivity contribution >= 4 is 15.7 Å². The van der Waals surface area contributed by atoms with Gasteiger partial charge in [-0.25, -0.2) is 8.42 Å². The molecule has 3 atom stereocenters. The smallest absolute Gasteiger partial charge is 0.232 e. The van der Waals surface area contributed by atoms with Crippen molar-refractivity contribution < 1.29 is 18.3 Å². The number of sulfone groups is 1. The van der Waals surface area contributed by atoms with Crippen LogP contribution in [0.1, 0.15) is 6.92 Å². The predicted octanol–water partition coefficient (Wildman–Crippen LogP) is 0.812. The number of benzene rings is 1. The van der Waals surface area contributed by atoms with Crippen molar-refractivity contribution in [2.45, 2.75) is 23.3 Å². The lowest BCUT2D eigenvalue weighted by atomic mass is 9.93. The molecule has 20 heavy (non-hydrogen) atoms. The summed E-state index contributed by atoms with van der Waals surface area (Å²) >= 11 is 0. The van der Waals surface area contributed by atoms with E-state index >= 15 is 0 Å². The van der Waals surface area contributed by atoms with Crippen LogP contribution >= 0.6 is 0 Å². The fraction of sp³-hybridized carbons (Fsp3) is 0.357. The minimum atomic E-state index is -3.70. The molecule has 1 fully saturated rings. The summed E-state index contributed by atoms with van der Waals surface area (Å²) in [5, 5.41) is 8.64. The second kappa shape index (κ2) is 5.38. The van der Waals surface area contributed by atoms with Crippen LogP contribution in [0, 0.1) is 5.92 Å². The van der Waals surface area contributed by atoms with Crippen molar-refractivity contribution in [3.63, 3.8) is 0 Å². The van der Waals surface area contributed by atoms with E-state index in [1.165, 1.54) is 30.0 Å². The fourth-order valence-electron chi connectivity index (χ4n) is 2.44. The summed E-state index contributed by atoms with van der Waals surface area (Å²) in [4.78, 5) is 13.3. The van der Waals surface area contributed by atoms with E-state index in [4.69, 9.17) is 0 Å². The van der Waals surface area contributed by atoms with Crippen LogP contribution in [-0.2, 0) is 14.6 Å². The number of aliphatic hydroxyl groups excluding tert-OH is 1. The Morgan fingerprint density at radius 3 is 2.50 bits per heavy atom. The topological polar surface area (TPSA) is 74.7 Å². The Morgan fingerprint density at radius 1 is 1.40 bits per heavy atom. The molecular weight excluding hydrogens is 278 g/mol. The average Bonchev–Trinajstić information content (AvgIpc) is 2.42. The summed E-state index contributed by atoms with van der Waals surface area (Å²) in [5.74, 6) is -1.27. The minimum absolute atomic E-state index is 0.150. The van der Waals surface area contributed by atoms with Crippen LogP contribution in [0.3, 0.4) is 0 Å². The zero-order valence-electron chi connectivity index (χ0n) is 11.1. The molecule has 1 heterocycles. The Labute approximate surface area is 118 Å². The van der Waals surface area contributed by atoms with Crippen LogP contribution in [0.5, 0.6) is 0 Å². The lowest BCUT2D eigenvalue weighted by Crippen LogP contribution is -2.66. The molecule has 108 valence electrons. The van der Waals surface area contributed by atoms with Gasteiger partial charge >= 0.3 is 0 Å². The van der Waals surface area contributed by atoms with Crippen LogP contribution in [-0.4, -0.2) is 42.4 Å². The SMILES string of the molecule is C=CCN1C(=O)C(C(C)O)C1S(=O)(=O)c1ccccc1. The van der Waals surface area contributed by atoms with Crippen LogP contribution < -0.4 is 0 Å². The molecule has 2 rings (SSSR count). The molecule has 0 radical (unpaired) electrons. The third kappa shape index (κ3) is 2.25. The summed E-state index contributed by atoms with van der Waals surface area (Å²) in [7, 11) is -3.70. The van der Waals surface area contributed by atoms with Crippen LogP contribution in [0.4, 0.5) is 0 Å². The van der Waals surface area contributed by atoms with Gasteiger partial charge < -0.3 is 10.0 Å². The lowest BCUT2D eigenvalue weighted by molar-refractivity contribution is -0.156. The summed E-state index contributed by atoms with van der Waals surface area (Å²) in [6.45, 7) is 5.11. The van der Waals surface area contributed by atoms with Crippen molar-refractivity contribution in [2.24, 2.45) is 5.92 Å². The van der Waals surface area contributed by atoms with Gasteiger partial charge in [-0.15, -0.1) is 6.58 Å². The predicted molar refractivity (Wildman–Crippen MR) is 74.5 cm³/mol. The zero-order valence-corrected chi connectivity index (χ0v) is 12.0. The van der Waals surface area contributed by atoms with E-state index in [1.807, 2.05) is 0 Å². The number of carbonyl (C=O) groups excluding carboxylic acids is 1. The van der Waals surface area contributed by atoms with Crippen LogP contribution in [0.2, 0.25) is 0 Å². The number of hydrogen-bond donors (Lipinski definition) is 1. The van der Waals surface area contributed by atoms with Crippen LogP contribution in [0.25, 0.3) is 0 Å². The third-order valence-electron chi connectivity index (χ3n) is 3.42. The standard InChI is InChI=1S/C14H17NO4S/c1-3-9-15-13(17)12(10(2)16)14(15)20(18,19)11-7-5-4-6-8-11/h3-8,10,12,14,16H,1,9H2,2H3. The van der Waals surface area contributed by atoms with E-state index < -0.39 is 27.2 Å². The molecule has 0 saturated carbocycles. The average molecular weight is 295 g/mol. The molecule has 6 heteroatoms. The number of hydrogen-bond acceptors (Lipinski definition) is 4.